The molecule has 8 heteroatoms. The van der Waals surface area contributed by atoms with Crippen LogP contribution in [0.3, 0.4) is 0 Å². The predicted octanol–water partition coefficient (Wildman–Crippen LogP) is 5.29. The smallest absolute Gasteiger partial charge is 0.276 e. The third kappa shape index (κ3) is 3.16. The molecule has 4 nitrogen and oxygen atoms in total. The van der Waals surface area contributed by atoms with Gasteiger partial charge in [-0.3, -0.25) is 9.79 Å². The van der Waals surface area contributed by atoms with E-state index in [0.29, 0.717) is 23.5 Å². The van der Waals surface area contributed by atoms with Gasteiger partial charge in [0.25, 0.3) is 5.56 Å². The van der Waals surface area contributed by atoms with Crippen molar-refractivity contribution in [3.05, 3.63) is 91.1 Å². The molecule has 2 heterocycles. The Balaban J connectivity index is 2.15. The number of fused-ring (bicyclic) bond motifs is 3. The van der Waals surface area contributed by atoms with E-state index in [1.165, 1.54) is 6.07 Å². The summed E-state index contributed by atoms with van der Waals surface area (Å²) in [5.41, 5.74) is 0.618. The van der Waals surface area contributed by atoms with E-state index in [4.69, 9.17) is 23.2 Å². The molecule has 0 radical (unpaired) electrons. The highest BCUT2D eigenvalue weighted by Crippen LogP contribution is 2.37. The zero-order chi connectivity index (χ0) is 20.9. The second-order valence-corrected chi connectivity index (χ2v) is 7.44. The standard InChI is InChI=1S/C21H15Cl2F2N3O/c1-3-11-9-28-15-8-7-12(22)18(23)17(15)19(16-13(24)5-4-6-14(16)25)26-10(2)20(28)27-21(11)29/h4-10H,3H2,1-2H3/t10-/m0/s1. The van der Waals surface area contributed by atoms with Crippen LogP contribution in [-0.4, -0.2) is 15.3 Å². The second kappa shape index (κ2) is 7.35. The molecule has 1 atom stereocenters. The van der Waals surface area contributed by atoms with E-state index in [-0.39, 0.29) is 32.4 Å². The topological polar surface area (TPSA) is 47.2 Å². The summed E-state index contributed by atoms with van der Waals surface area (Å²) in [6, 6.07) is 6.17. The van der Waals surface area contributed by atoms with Crippen LogP contribution in [0, 0.1) is 11.6 Å². The summed E-state index contributed by atoms with van der Waals surface area (Å²) in [7, 11) is 0. The maximum absolute atomic E-state index is 14.7. The van der Waals surface area contributed by atoms with Gasteiger partial charge in [0, 0.05) is 17.3 Å². The molecule has 0 spiro atoms. The molecule has 0 fully saturated rings. The predicted molar refractivity (Wildman–Crippen MR) is 110 cm³/mol. The Kier molecular flexibility index (Phi) is 5.00. The Labute approximate surface area is 175 Å². The molecular weight excluding hydrogens is 419 g/mol. The zero-order valence-corrected chi connectivity index (χ0v) is 17.0. The molecule has 4 rings (SSSR count). The Hall–Kier alpha value is -2.57. The third-order valence-electron chi connectivity index (χ3n) is 4.87. The molecule has 0 saturated heterocycles. The fourth-order valence-corrected chi connectivity index (χ4v) is 3.84. The Morgan fingerprint density at radius 2 is 1.79 bits per heavy atom. The van der Waals surface area contributed by atoms with Crippen LogP contribution in [0.15, 0.2) is 46.3 Å². The first-order valence-corrected chi connectivity index (χ1v) is 9.72. The van der Waals surface area contributed by atoms with Gasteiger partial charge in [0.15, 0.2) is 0 Å². The first-order chi connectivity index (χ1) is 13.8. The lowest BCUT2D eigenvalue weighted by atomic mass is 9.99. The number of hydrogen-bond donors (Lipinski definition) is 0. The van der Waals surface area contributed by atoms with Crippen molar-refractivity contribution < 1.29 is 8.78 Å². The van der Waals surface area contributed by atoms with Gasteiger partial charge in [-0.1, -0.05) is 36.2 Å². The quantitative estimate of drug-likeness (QED) is 0.550. The molecule has 148 valence electrons. The van der Waals surface area contributed by atoms with Crippen LogP contribution < -0.4 is 5.56 Å². The molecule has 0 unspecified atom stereocenters. The van der Waals surface area contributed by atoms with E-state index >= 15 is 0 Å². The van der Waals surface area contributed by atoms with Gasteiger partial charge in [-0.25, -0.2) is 8.78 Å². The number of benzene rings is 2. The minimum Gasteiger partial charge on any atom is -0.302 e. The molecule has 1 aliphatic rings. The normalized spacial score (nSPS) is 15.4. The van der Waals surface area contributed by atoms with Crippen LogP contribution in [0.25, 0.3) is 5.69 Å². The van der Waals surface area contributed by atoms with E-state index in [2.05, 4.69) is 9.98 Å². The van der Waals surface area contributed by atoms with Gasteiger partial charge >= 0.3 is 0 Å². The van der Waals surface area contributed by atoms with Gasteiger partial charge in [0.1, 0.15) is 23.5 Å². The minimum atomic E-state index is -0.777. The van der Waals surface area contributed by atoms with Crippen molar-refractivity contribution in [2.45, 2.75) is 26.3 Å². The first-order valence-electron chi connectivity index (χ1n) is 8.96. The zero-order valence-electron chi connectivity index (χ0n) is 15.5. The molecule has 0 amide bonds. The summed E-state index contributed by atoms with van der Waals surface area (Å²) >= 11 is 12.7. The average molecular weight is 434 g/mol. The van der Waals surface area contributed by atoms with E-state index in [1.54, 1.807) is 29.8 Å². The van der Waals surface area contributed by atoms with Crippen LogP contribution in [-0.2, 0) is 6.42 Å². The van der Waals surface area contributed by atoms with Gasteiger partial charge in [0.05, 0.1) is 27.0 Å². The first kappa shape index (κ1) is 19.7. The fraction of sp³-hybridized carbons (Fsp3) is 0.190. The minimum absolute atomic E-state index is 0.0200. The number of aryl methyl sites for hydroxylation is 1. The molecule has 0 bridgehead atoms. The molecule has 0 saturated carbocycles. The van der Waals surface area contributed by atoms with Gasteiger partial charge in [-0.15, -0.1) is 0 Å². The van der Waals surface area contributed by atoms with Crippen LogP contribution in [0.5, 0.6) is 0 Å². The number of aliphatic imine (C=N–C) groups is 1. The molecular formula is C21H15Cl2F2N3O. The van der Waals surface area contributed by atoms with E-state index in [9.17, 15) is 13.6 Å². The Bertz CT molecular complexity index is 1220. The van der Waals surface area contributed by atoms with Gasteiger partial charge in [-0.05, 0) is 37.6 Å². The number of rotatable bonds is 2. The summed E-state index contributed by atoms with van der Waals surface area (Å²) in [6.07, 6.45) is 2.15. The summed E-state index contributed by atoms with van der Waals surface area (Å²) in [6.45, 7) is 3.54. The SMILES string of the molecule is CCc1cn2c(nc1=O)[C@H](C)N=C(c1c(F)cccc1F)c1c-2ccc(Cl)c1Cl. The Morgan fingerprint density at radius 3 is 2.45 bits per heavy atom. The highest BCUT2D eigenvalue weighted by Gasteiger charge is 2.29. The molecule has 0 N–H and O–H groups in total. The number of nitrogens with zero attached hydrogens (tertiary/aromatic N) is 3. The largest absolute Gasteiger partial charge is 0.302 e. The number of halogens is 4. The van der Waals surface area contributed by atoms with Crippen LogP contribution >= 0.6 is 23.2 Å². The second-order valence-electron chi connectivity index (χ2n) is 6.66. The molecule has 1 aromatic heterocycles. The molecule has 2 aromatic carbocycles. The lowest BCUT2D eigenvalue weighted by molar-refractivity contribution is 0.578. The molecule has 0 aliphatic carbocycles. The summed E-state index contributed by atoms with van der Waals surface area (Å²) in [4.78, 5) is 21.0. The fourth-order valence-electron chi connectivity index (χ4n) is 3.43. The highest BCUT2D eigenvalue weighted by atomic mass is 35.5. The van der Waals surface area contributed by atoms with E-state index < -0.39 is 17.7 Å². The third-order valence-corrected chi connectivity index (χ3v) is 5.67. The Morgan fingerprint density at radius 1 is 1.10 bits per heavy atom. The lowest BCUT2D eigenvalue weighted by Gasteiger charge is -2.17. The maximum Gasteiger partial charge on any atom is 0.276 e. The van der Waals surface area contributed by atoms with Crippen molar-refractivity contribution in [1.29, 1.82) is 0 Å². The van der Waals surface area contributed by atoms with Gasteiger partial charge < -0.3 is 4.57 Å². The van der Waals surface area contributed by atoms with Crippen LogP contribution in [0.4, 0.5) is 8.78 Å². The van der Waals surface area contributed by atoms with Gasteiger partial charge in [-0.2, -0.15) is 4.98 Å². The molecule has 29 heavy (non-hydrogen) atoms. The maximum atomic E-state index is 14.7. The van der Waals surface area contributed by atoms with Crippen molar-refractivity contribution in [3.63, 3.8) is 0 Å². The summed E-state index contributed by atoms with van der Waals surface area (Å²) in [5, 5.41) is 0.332. The average Bonchev–Trinajstić information content (AvgIpc) is 2.79. The highest BCUT2D eigenvalue weighted by molar-refractivity contribution is 6.45. The van der Waals surface area contributed by atoms with E-state index in [1.807, 2.05) is 6.92 Å². The number of aromatic nitrogens is 2. The van der Waals surface area contributed by atoms with Crippen LogP contribution in [0.2, 0.25) is 10.0 Å². The summed E-state index contributed by atoms with van der Waals surface area (Å²) in [5.74, 6) is -1.21. The lowest BCUT2D eigenvalue weighted by Crippen LogP contribution is -2.21. The monoisotopic (exact) mass is 433 g/mol. The van der Waals surface area contributed by atoms with Crippen LogP contribution in [0.1, 0.15) is 42.4 Å². The summed E-state index contributed by atoms with van der Waals surface area (Å²) < 4.78 is 31.0. The van der Waals surface area contributed by atoms with Crippen molar-refractivity contribution in [2.75, 3.05) is 0 Å². The van der Waals surface area contributed by atoms with Gasteiger partial charge in [0.2, 0.25) is 0 Å². The van der Waals surface area contributed by atoms with Crippen molar-refractivity contribution in [3.8, 4) is 5.69 Å². The van der Waals surface area contributed by atoms with Crippen molar-refractivity contribution in [1.82, 2.24) is 9.55 Å². The van der Waals surface area contributed by atoms with Crippen molar-refractivity contribution >= 4 is 28.9 Å². The molecule has 1 aliphatic heterocycles. The van der Waals surface area contributed by atoms with E-state index in [0.717, 1.165) is 12.1 Å². The van der Waals surface area contributed by atoms with Crippen molar-refractivity contribution in [2.24, 2.45) is 4.99 Å². The number of hydrogen-bond acceptors (Lipinski definition) is 3. The molecule has 3 aromatic rings.